The van der Waals surface area contributed by atoms with Crippen molar-refractivity contribution in [2.45, 2.75) is 25.8 Å². The molecule has 0 bridgehead atoms. The first-order valence-corrected chi connectivity index (χ1v) is 8.98. The van der Waals surface area contributed by atoms with Gasteiger partial charge in [0, 0.05) is 17.4 Å². The van der Waals surface area contributed by atoms with E-state index in [1.165, 1.54) is 0 Å². The Labute approximate surface area is 163 Å². The summed E-state index contributed by atoms with van der Waals surface area (Å²) in [5.74, 6) is -1.45. The molecule has 0 aliphatic heterocycles. The number of hydrogen-bond acceptors (Lipinski definition) is 3. The molecule has 142 valence electrons. The van der Waals surface area contributed by atoms with E-state index in [1.807, 2.05) is 47.8 Å². The van der Waals surface area contributed by atoms with Crippen LogP contribution in [0.25, 0.3) is 0 Å². The molecule has 6 nitrogen and oxygen atoms in total. The zero-order valence-corrected chi connectivity index (χ0v) is 15.7. The third-order valence-electron chi connectivity index (χ3n) is 4.16. The van der Waals surface area contributed by atoms with Crippen LogP contribution in [-0.4, -0.2) is 17.8 Å². The Hall–Kier alpha value is -2.86. The average Bonchev–Trinajstić information content (AvgIpc) is 2.64. The van der Waals surface area contributed by atoms with Crippen molar-refractivity contribution >= 4 is 29.4 Å². The number of benzene rings is 2. The SMILES string of the molecule is CCC(CC(=O)NC(N)=O)C(=O)NC(c1ccccc1)c1cccc(Cl)c1. The molecular weight excluding hydrogens is 366 g/mol. The van der Waals surface area contributed by atoms with Gasteiger partial charge in [-0.3, -0.25) is 14.9 Å². The first-order valence-electron chi connectivity index (χ1n) is 8.60. The number of carbonyl (C=O) groups excluding carboxylic acids is 3. The fraction of sp³-hybridized carbons (Fsp3) is 0.250. The Kier molecular flexibility index (Phi) is 7.37. The largest absolute Gasteiger partial charge is 0.351 e. The summed E-state index contributed by atoms with van der Waals surface area (Å²) in [6.45, 7) is 1.80. The summed E-state index contributed by atoms with van der Waals surface area (Å²) in [5, 5.41) is 5.55. The number of amides is 4. The van der Waals surface area contributed by atoms with Crippen LogP contribution in [0, 0.1) is 5.92 Å². The molecule has 2 atom stereocenters. The molecular formula is C20H22ClN3O3. The maximum absolute atomic E-state index is 12.8. The van der Waals surface area contributed by atoms with E-state index in [2.05, 4.69) is 5.32 Å². The van der Waals surface area contributed by atoms with Crippen molar-refractivity contribution < 1.29 is 14.4 Å². The number of carbonyl (C=O) groups is 3. The quantitative estimate of drug-likeness (QED) is 0.680. The van der Waals surface area contributed by atoms with Crippen molar-refractivity contribution in [3.05, 3.63) is 70.7 Å². The third-order valence-corrected chi connectivity index (χ3v) is 4.39. The first kappa shape index (κ1) is 20.5. The van der Waals surface area contributed by atoms with E-state index in [4.69, 9.17) is 17.3 Å². The molecule has 2 aromatic carbocycles. The van der Waals surface area contributed by atoms with Gasteiger partial charge in [0.2, 0.25) is 11.8 Å². The summed E-state index contributed by atoms with van der Waals surface area (Å²) in [4.78, 5) is 35.4. The molecule has 7 heteroatoms. The highest BCUT2D eigenvalue weighted by atomic mass is 35.5. The second-order valence-electron chi connectivity index (χ2n) is 6.13. The Balaban J connectivity index is 2.22. The van der Waals surface area contributed by atoms with E-state index < -0.39 is 23.9 Å². The number of nitrogens with one attached hydrogen (secondary N) is 2. The number of urea groups is 1. The van der Waals surface area contributed by atoms with Crippen LogP contribution in [0.4, 0.5) is 4.79 Å². The van der Waals surface area contributed by atoms with Crippen LogP contribution in [-0.2, 0) is 9.59 Å². The van der Waals surface area contributed by atoms with Gasteiger partial charge < -0.3 is 11.1 Å². The zero-order valence-electron chi connectivity index (χ0n) is 14.9. The molecule has 0 aliphatic carbocycles. The Morgan fingerprint density at radius 1 is 1.04 bits per heavy atom. The maximum atomic E-state index is 12.8. The second-order valence-corrected chi connectivity index (χ2v) is 6.57. The van der Waals surface area contributed by atoms with Gasteiger partial charge in [-0.15, -0.1) is 0 Å². The van der Waals surface area contributed by atoms with Gasteiger partial charge in [0.15, 0.2) is 0 Å². The molecule has 0 spiro atoms. The lowest BCUT2D eigenvalue weighted by atomic mass is 9.95. The van der Waals surface area contributed by atoms with Crippen molar-refractivity contribution in [1.29, 1.82) is 0 Å². The molecule has 0 heterocycles. The van der Waals surface area contributed by atoms with Crippen LogP contribution in [0.1, 0.15) is 36.9 Å². The van der Waals surface area contributed by atoms with Gasteiger partial charge in [-0.2, -0.15) is 0 Å². The molecule has 4 N–H and O–H groups in total. The highest BCUT2D eigenvalue weighted by Gasteiger charge is 2.24. The van der Waals surface area contributed by atoms with E-state index in [0.717, 1.165) is 11.1 Å². The van der Waals surface area contributed by atoms with Crippen molar-refractivity contribution in [3.8, 4) is 0 Å². The molecule has 2 aromatic rings. The van der Waals surface area contributed by atoms with Gasteiger partial charge in [-0.25, -0.2) is 4.79 Å². The number of hydrogen-bond donors (Lipinski definition) is 3. The van der Waals surface area contributed by atoms with E-state index in [-0.39, 0.29) is 12.3 Å². The Morgan fingerprint density at radius 2 is 1.70 bits per heavy atom. The highest BCUT2D eigenvalue weighted by Crippen LogP contribution is 2.25. The fourth-order valence-corrected chi connectivity index (χ4v) is 2.98. The standard InChI is InChI=1S/C20H22ClN3O3/c1-2-13(12-17(25)23-20(22)27)19(26)24-18(14-7-4-3-5-8-14)15-9-6-10-16(21)11-15/h3-11,13,18H,2,12H2,1H3,(H,24,26)(H3,22,23,25,27). The molecule has 2 unspecified atom stereocenters. The summed E-state index contributed by atoms with van der Waals surface area (Å²) in [6, 6.07) is 15.4. The summed E-state index contributed by atoms with van der Waals surface area (Å²) in [7, 11) is 0. The molecule has 4 amide bonds. The van der Waals surface area contributed by atoms with E-state index in [0.29, 0.717) is 11.4 Å². The van der Waals surface area contributed by atoms with Gasteiger partial charge >= 0.3 is 6.03 Å². The lowest BCUT2D eigenvalue weighted by molar-refractivity contribution is -0.130. The lowest BCUT2D eigenvalue weighted by Gasteiger charge is -2.23. The van der Waals surface area contributed by atoms with Gasteiger partial charge in [0.05, 0.1) is 6.04 Å². The number of rotatable bonds is 7. The van der Waals surface area contributed by atoms with E-state index in [9.17, 15) is 14.4 Å². The number of nitrogens with two attached hydrogens (primary N) is 1. The fourth-order valence-electron chi connectivity index (χ4n) is 2.79. The smallest absolute Gasteiger partial charge is 0.318 e. The molecule has 0 radical (unpaired) electrons. The minimum Gasteiger partial charge on any atom is -0.351 e. The van der Waals surface area contributed by atoms with Crippen molar-refractivity contribution in [2.75, 3.05) is 0 Å². The molecule has 2 rings (SSSR count). The predicted molar refractivity (Wildman–Crippen MR) is 104 cm³/mol. The highest BCUT2D eigenvalue weighted by molar-refractivity contribution is 6.30. The summed E-state index contributed by atoms with van der Waals surface area (Å²) < 4.78 is 0. The van der Waals surface area contributed by atoms with Crippen LogP contribution in [0.15, 0.2) is 54.6 Å². The monoisotopic (exact) mass is 387 g/mol. The zero-order chi connectivity index (χ0) is 19.8. The van der Waals surface area contributed by atoms with Crippen LogP contribution >= 0.6 is 11.6 Å². The normalized spacial score (nSPS) is 12.7. The molecule has 0 aromatic heterocycles. The summed E-state index contributed by atoms with van der Waals surface area (Å²) in [5.41, 5.74) is 6.67. The number of halogens is 1. The van der Waals surface area contributed by atoms with Crippen LogP contribution < -0.4 is 16.4 Å². The summed E-state index contributed by atoms with van der Waals surface area (Å²) >= 11 is 6.11. The van der Waals surface area contributed by atoms with Gasteiger partial charge in [-0.1, -0.05) is 61.0 Å². The molecule has 0 aliphatic rings. The van der Waals surface area contributed by atoms with Crippen LogP contribution in [0.2, 0.25) is 5.02 Å². The first-order chi connectivity index (χ1) is 12.9. The number of primary amides is 1. The van der Waals surface area contributed by atoms with Crippen molar-refractivity contribution in [3.63, 3.8) is 0 Å². The van der Waals surface area contributed by atoms with Gasteiger partial charge in [0.25, 0.3) is 0 Å². The van der Waals surface area contributed by atoms with Gasteiger partial charge in [0.1, 0.15) is 0 Å². The third kappa shape index (κ3) is 6.11. The van der Waals surface area contributed by atoms with E-state index in [1.54, 1.807) is 19.1 Å². The molecule has 0 fully saturated rings. The maximum Gasteiger partial charge on any atom is 0.318 e. The molecule has 27 heavy (non-hydrogen) atoms. The summed E-state index contributed by atoms with van der Waals surface area (Å²) in [6.07, 6.45) is 0.317. The predicted octanol–water partition coefficient (Wildman–Crippen LogP) is 3.16. The minimum absolute atomic E-state index is 0.123. The average molecular weight is 388 g/mol. The Bertz CT molecular complexity index is 811. The van der Waals surface area contributed by atoms with Crippen molar-refractivity contribution in [2.24, 2.45) is 11.7 Å². The molecule has 0 saturated heterocycles. The second kappa shape index (κ2) is 9.73. The topological polar surface area (TPSA) is 101 Å². The van der Waals surface area contributed by atoms with E-state index >= 15 is 0 Å². The van der Waals surface area contributed by atoms with Crippen LogP contribution in [0.5, 0.6) is 0 Å². The van der Waals surface area contributed by atoms with Crippen molar-refractivity contribution in [1.82, 2.24) is 10.6 Å². The lowest BCUT2D eigenvalue weighted by Crippen LogP contribution is -2.40. The minimum atomic E-state index is -0.934. The van der Waals surface area contributed by atoms with Crippen LogP contribution in [0.3, 0.4) is 0 Å². The number of imide groups is 1. The Morgan fingerprint density at radius 3 is 2.30 bits per heavy atom. The molecule has 0 saturated carbocycles. The van der Waals surface area contributed by atoms with Gasteiger partial charge in [-0.05, 0) is 29.7 Å².